The van der Waals surface area contributed by atoms with Gasteiger partial charge in [-0.2, -0.15) is 0 Å². The fourth-order valence-electron chi connectivity index (χ4n) is 1.71. The molecular weight excluding hydrogens is 126 g/mol. The van der Waals surface area contributed by atoms with Crippen LogP contribution in [-0.4, -0.2) is 48.2 Å². The van der Waals surface area contributed by atoms with Crippen molar-refractivity contribution < 1.29 is 4.58 Å². The molecule has 0 bridgehead atoms. The van der Waals surface area contributed by atoms with Crippen molar-refractivity contribution in [2.45, 2.75) is 6.92 Å². The molecule has 3 nitrogen and oxygen atoms in total. The van der Waals surface area contributed by atoms with Gasteiger partial charge in [0.2, 0.25) is 0 Å². The lowest BCUT2D eigenvalue weighted by Crippen LogP contribution is -2.30. The van der Waals surface area contributed by atoms with Crippen molar-refractivity contribution in [2.75, 3.05) is 32.7 Å². The number of guanidine groups is 1. The van der Waals surface area contributed by atoms with Crippen LogP contribution in [0.15, 0.2) is 0 Å². The van der Waals surface area contributed by atoms with Gasteiger partial charge in [0.25, 0.3) is 0 Å². The first kappa shape index (κ1) is 6.01. The van der Waals surface area contributed by atoms with Gasteiger partial charge in [0.15, 0.2) is 0 Å². The molecule has 0 aromatic carbocycles. The van der Waals surface area contributed by atoms with Gasteiger partial charge in [-0.3, -0.25) is 14.8 Å². The smallest absolute Gasteiger partial charge is 0.275 e. The molecule has 0 aromatic heterocycles. The zero-order chi connectivity index (χ0) is 6.97. The van der Waals surface area contributed by atoms with Crippen LogP contribution < -0.4 is 5.32 Å². The van der Waals surface area contributed by atoms with Crippen molar-refractivity contribution in [3.63, 3.8) is 0 Å². The maximum atomic E-state index is 3.39. The zero-order valence-corrected chi connectivity index (χ0v) is 6.43. The Balaban J connectivity index is 2.22. The topological polar surface area (TPSA) is 18.3 Å². The van der Waals surface area contributed by atoms with Crippen molar-refractivity contribution in [1.29, 1.82) is 0 Å². The van der Waals surface area contributed by atoms with E-state index >= 15 is 0 Å². The maximum absolute atomic E-state index is 3.39. The van der Waals surface area contributed by atoms with Gasteiger partial charge in [0.1, 0.15) is 0 Å². The van der Waals surface area contributed by atoms with Crippen LogP contribution in [0.5, 0.6) is 0 Å². The quantitative estimate of drug-likeness (QED) is 0.485. The molecule has 0 amide bonds. The average Bonchev–Trinajstić information content (AvgIpc) is 2.44. The van der Waals surface area contributed by atoms with E-state index in [0.717, 1.165) is 13.1 Å². The minimum Gasteiger partial charge on any atom is -0.275 e. The fourth-order valence-corrected chi connectivity index (χ4v) is 1.71. The first-order valence-corrected chi connectivity index (χ1v) is 4.02. The molecular formula is C7H14N3+. The van der Waals surface area contributed by atoms with E-state index in [1.54, 1.807) is 0 Å². The zero-order valence-electron chi connectivity index (χ0n) is 6.43. The summed E-state index contributed by atoms with van der Waals surface area (Å²) in [6.07, 6.45) is 0. The normalized spacial score (nSPS) is 23.5. The van der Waals surface area contributed by atoms with E-state index in [1.165, 1.54) is 25.6 Å². The molecule has 1 N–H and O–H groups in total. The molecule has 2 rings (SSSR count). The van der Waals surface area contributed by atoms with Crippen molar-refractivity contribution in [1.82, 2.24) is 10.2 Å². The third-order valence-electron chi connectivity index (χ3n) is 2.29. The summed E-state index contributed by atoms with van der Waals surface area (Å²) in [4.78, 5) is 2.42. The SMILES string of the molecule is CC[N+]1=C2NCCN2CC1. The number of hydrogen-bond donors (Lipinski definition) is 1. The molecule has 0 aliphatic carbocycles. The second-order valence-corrected chi connectivity index (χ2v) is 2.82. The molecule has 0 saturated carbocycles. The Morgan fingerprint density at radius 3 is 3.30 bits per heavy atom. The number of rotatable bonds is 1. The average molecular weight is 140 g/mol. The van der Waals surface area contributed by atoms with Crippen LogP contribution in [0.4, 0.5) is 0 Å². The lowest BCUT2D eigenvalue weighted by molar-refractivity contribution is -0.516. The Morgan fingerprint density at radius 2 is 2.50 bits per heavy atom. The molecule has 1 saturated heterocycles. The van der Waals surface area contributed by atoms with Crippen LogP contribution in [0, 0.1) is 0 Å². The summed E-state index contributed by atoms with van der Waals surface area (Å²) in [6, 6.07) is 0. The summed E-state index contributed by atoms with van der Waals surface area (Å²) in [6.45, 7) is 8.10. The van der Waals surface area contributed by atoms with Crippen molar-refractivity contribution in [3.8, 4) is 0 Å². The first-order chi connectivity index (χ1) is 4.92. The monoisotopic (exact) mass is 140 g/mol. The predicted octanol–water partition coefficient (Wildman–Crippen LogP) is -0.706. The Kier molecular flexibility index (Phi) is 1.29. The van der Waals surface area contributed by atoms with Crippen molar-refractivity contribution in [3.05, 3.63) is 0 Å². The van der Waals surface area contributed by atoms with E-state index in [0.29, 0.717) is 0 Å². The largest absolute Gasteiger partial charge is 0.348 e. The van der Waals surface area contributed by atoms with Crippen LogP contribution in [0.25, 0.3) is 0 Å². The second-order valence-electron chi connectivity index (χ2n) is 2.82. The highest BCUT2D eigenvalue weighted by Gasteiger charge is 2.32. The minimum absolute atomic E-state index is 1.13. The summed E-state index contributed by atoms with van der Waals surface area (Å²) in [5.41, 5.74) is 0. The number of nitrogens with zero attached hydrogens (tertiary/aromatic N) is 2. The molecule has 2 heterocycles. The van der Waals surface area contributed by atoms with Crippen molar-refractivity contribution in [2.24, 2.45) is 0 Å². The summed E-state index contributed by atoms with van der Waals surface area (Å²) in [5, 5.41) is 3.39. The molecule has 3 heteroatoms. The Hall–Kier alpha value is -0.730. The summed E-state index contributed by atoms with van der Waals surface area (Å²) < 4.78 is 2.40. The molecule has 0 radical (unpaired) electrons. The minimum atomic E-state index is 1.13. The van der Waals surface area contributed by atoms with E-state index in [-0.39, 0.29) is 0 Å². The van der Waals surface area contributed by atoms with Crippen LogP contribution in [0.3, 0.4) is 0 Å². The summed E-state index contributed by atoms with van der Waals surface area (Å²) in [7, 11) is 0. The van der Waals surface area contributed by atoms with Crippen LogP contribution >= 0.6 is 0 Å². The van der Waals surface area contributed by atoms with Crippen LogP contribution in [-0.2, 0) is 0 Å². The highest BCUT2D eigenvalue weighted by atomic mass is 15.4. The molecule has 0 spiro atoms. The van der Waals surface area contributed by atoms with Gasteiger partial charge in [-0.15, -0.1) is 0 Å². The molecule has 0 aromatic rings. The number of likely N-dealkylation sites (N-methyl/N-ethyl adjacent to an activating group) is 1. The van der Waals surface area contributed by atoms with Gasteiger partial charge >= 0.3 is 5.96 Å². The van der Waals surface area contributed by atoms with E-state index in [4.69, 9.17) is 0 Å². The van der Waals surface area contributed by atoms with Gasteiger partial charge in [-0.25, -0.2) is 0 Å². The van der Waals surface area contributed by atoms with Crippen molar-refractivity contribution >= 4 is 5.96 Å². The molecule has 0 atom stereocenters. The standard InChI is InChI=1S/C7H13N3/c1-2-9-5-6-10-4-3-8-7(9)10/h2-6H2,1H3/p+1. The lowest BCUT2D eigenvalue weighted by Gasteiger charge is -1.99. The molecule has 56 valence electrons. The van der Waals surface area contributed by atoms with Gasteiger partial charge in [0, 0.05) is 0 Å². The van der Waals surface area contributed by atoms with E-state index in [2.05, 4.69) is 21.7 Å². The van der Waals surface area contributed by atoms with E-state index in [9.17, 15) is 0 Å². The molecule has 2 aliphatic heterocycles. The molecule has 0 unspecified atom stereocenters. The number of nitrogens with one attached hydrogen (secondary N) is 1. The van der Waals surface area contributed by atoms with E-state index in [1.807, 2.05) is 0 Å². The molecule has 1 fully saturated rings. The summed E-state index contributed by atoms with van der Waals surface area (Å²) >= 11 is 0. The van der Waals surface area contributed by atoms with Gasteiger partial charge in [0.05, 0.1) is 32.7 Å². The predicted molar refractivity (Wildman–Crippen MR) is 40.3 cm³/mol. The van der Waals surface area contributed by atoms with Gasteiger partial charge < -0.3 is 0 Å². The number of fused-ring (bicyclic) bond motifs is 1. The van der Waals surface area contributed by atoms with Gasteiger partial charge in [-0.1, -0.05) is 0 Å². The second kappa shape index (κ2) is 2.15. The van der Waals surface area contributed by atoms with Crippen LogP contribution in [0.2, 0.25) is 0 Å². The third-order valence-corrected chi connectivity index (χ3v) is 2.29. The highest BCUT2D eigenvalue weighted by Crippen LogP contribution is 2.03. The van der Waals surface area contributed by atoms with E-state index < -0.39 is 0 Å². The first-order valence-electron chi connectivity index (χ1n) is 4.02. The summed E-state index contributed by atoms with van der Waals surface area (Å²) in [5.74, 6) is 1.36. The Labute approximate surface area is 61.3 Å². The maximum Gasteiger partial charge on any atom is 0.348 e. The molecule has 2 aliphatic rings. The Bertz CT molecular complexity index is 174. The van der Waals surface area contributed by atoms with Gasteiger partial charge in [-0.05, 0) is 6.92 Å². The molecule has 10 heavy (non-hydrogen) atoms. The highest BCUT2D eigenvalue weighted by molar-refractivity contribution is 5.77. The number of hydrogen-bond acceptors (Lipinski definition) is 2. The fraction of sp³-hybridized carbons (Fsp3) is 0.857. The lowest BCUT2D eigenvalue weighted by atomic mass is 10.5. The Morgan fingerprint density at radius 1 is 1.60 bits per heavy atom. The third kappa shape index (κ3) is 0.696. The van der Waals surface area contributed by atoms with Crippen LogP contribution in [0.1, 0.15) is 6.92 Å².